The molecule has 1 aromatic carbocycles. The van der Waals surface area contributed by atoms with Crippen LogP contribution in [0.15, 0.2) is 57.3 Å². The molecule has 1 unspecified atom stereocenters. The van der Waals surface area contributed by atoms with Crippen LogP contribution in [-0.2, 0) is 6.54 Å². The third-order valence-corrected chi connectivity index (χ3v) is 5.76. The average Bonchev–Trinajstić information content (AvgIpc) is 3.37. The van der Waals surface area contributed by atoms with E-state index in [1.165, 1.54) is 16.2 Å². The zero-order valence-electron chi connectivity index (χ0n) is 15.8. The van der Waals surface area contributed by atoms with Crippen LogP contribution in [-0.4, -0.2) is 36.3 Å². The van der Waals surface area contributed by atoms with Crippen molar-refractivity contribution in [2.24, 2.45) is 0 Å². The van der Waals surface area contributed by atoms with E-state index in [-0.39, 0.29) is 11.7 Å². The summed E-state index contributed by atoms with van der Waals surface area (Å²) in [6, 6.07) is 11.3. The van der Waals surface area contributed by atoms with E-state index in [0.717, 1.165) is 23.6 Å². The van der Waals surface area contributed by atoms with Crippen molar-refractivity contribution in [3.05, 3.63) is 64.2 Å². The van der Waals surface area contributed by atoms with Crippen LogP contribution in [0.4, 0.5) is 0 Å². The van der Waals surface area contributed by atoms with Gasteiger partial charge in [-0.25, -0.2) is 4.98 Å². The van der Waals surface area contributed by atoms with Crippen LogP contribution in [0, 0.1) is 0 Å². The van der Waals surface area contributed by atoms with Crippen LogP contribution in [0.3, 0.4) is 0 Å². The highest BCUT2D eigenvalue weighted by atomic mass is 32.1. The van der Waals surface area contributed by atoms with Gasteiger partial charge in [0.15, 0.2) is 23.4 Å². The van der Waals surface area contributed by atoms with Gasteiger partial charge in [0.25, 0.3) is 5.56 Å². The molecule has 1 aliphatic heterocycles. The summed E-state index contributed by atoms with van der Waals surface area (Å²) in [5, 5.41) is 2.49. The molecule has 2 N–H and O–H groups in total. The third kappa shape index (κ3) is 3.52. The molecule has 0 saturated heterocycles. The molecule has 29 heavy (non-hydrogen) atoms. The molecule has 0 spiro atoms. The molecule has 2 atom stereocenters. The molecule has 8 heteroatoms. The average molecular weight is 410 g/mol. The number of hydrogen-bond acceptors (Lipinski definition) is 6. The molecule has 3 aromatic heterocycles. The predicted molar refractivity (Wildman–Crippen MR) is 110 cm³/mol. The van der Waals surface area contributed by atoms with E-state index in [4.69, 9.17) is 13.9 Å². The summed E-state index contributed by atoms with van der Waals surface area (Å²) in [7, 11) is 2.05. The molecule has 4 heterocycles. The van der Waals surface area contributed by atoms with Crippen LogP contribution in [0.1, 0.15) is 5.82 Å². The number of aromatic nitrogens is 2. The Kier molecular flexibility index (Phi) is 4.57. The Morgan fingerprint density at radius 3 is 2.93 bits per heavy atom. The predicted octanol–water partition coefficient (Wildman–Crippen LogP) is 2.10. The first-order valence-electron chi connectivity index (χ1n) is 9.41. The van der Waals surface area contributed by atoms with Crippen molar-refractivity contribution >= 4 is 21.6 Å². The fourth-order valence-corrected chi connectivity index (χ4v) is 4.55. The van der Waals surface area contributed by atoms with E-state index in [2.05, 4.69) is 17.0 Å². The number of para-hydroxylation sites is 2. The number of fused-ring (bicyclic) bond motifs is 2. The van der Waals surface area contributed by atoms with Gasteiger partial charge < -0.3 is 23.8 Å². The van der Waals surface area contributed by atoms with Crippen molar-refractivity contribution in [3.8, 4) is 22.8 Å². The number of benzene rings is 1. The van der Waals surface area contributed by atoms with Crippen molar-refractivity contribution in [3.63, 3.8) is 0 Å². The lowest BCUT2D eigenvalue weighted by molar-refractivity contribution is -0.897. The Balaban J connectivity index is 1.31. The fraction of sp³-hybridized carbons (Fsp3) is 0.238. The van der Waals surface area contributed by atoms with Crippen LogP contribution < -0.4 is 19.9 Å². The van der Waals surface area contributed by atoms with Crippen LogP contribution >= 0.6 is 11.3 Å². The highest BCUT2D eigenvalue weighted by Gasteiger charge is 2.24. The monoisotopic (exact) mass is 410 g/mol. The number of quaternary nitrogens is 1. The Hall–Kier alpha value is -3.10. The molecule has 4 aromatic rings. The van der Waals surface area contributed by atoms with E-state index in [1.807, 2.05) is 41.8 Å². The largest absolute Gasteiger partial charge is 0.486 e. The molecule has 7 nitrogen and oxygen atoms in total. The number of H-pyrrole nitrogens is 1. The minimum atomic E-state index is -0.142. The molecule has 0 fully saturated rings. The second kappa shape index (κ2) is 7.38. The van der Waals surface area contributed by atoms with Gasteiger partial charge in [-0.1, -0.05) is 12.1 Å². The Morgan fingerprint density at radius 1 is 1.24 bits per heavy atom. The number of rotatable bonds is 5. The minimum Gasteiger partial charge on any atom is -0.486 e. The maximum absolute atomic E-state index is 12.7. The first kappa shape index (κ1) is 18.0. The van der Waals surface area contributed by atoms with Crippen molar-refractivity contribution in [2.75, 3.05) is 20.2 Å². The van der Waals surface area contributed by atoms with E-state index in [1.54, 1.807) is 6.26 Å². The van der Waals surface area contributed by atoms with Crippen molar-refractivity contribution < 1.29 is 18.8 Å². The second-order valence-corrected chi connectivity index (χ2v) is 8.01. The van der Waals surface area contributed by atoms with Gasteiger partial charge in [-0.2, -0.15) is 0 Å². The van der Waals surface area contributed by atoms with Gasteiger partial charge in [-0.3, -0.25) is 4.79 Å². The Labute approximate surface area is 170 Å². The molecule has 5 rings (SSSR count). The standard InChI is InChI=1S/C21H19N3O4S/c1-24(9-13-11-27-16-5-2-3-6-17(16)28-13)10-18-22-20(25)19-14(12-29-21(19)23-18)15-7-4-8-26-15/h2-8,12-13H,9-11H2,1H3,(H,22,23,25)/p+1/t13-/m0/s1. The van der Waals surface area contributed by atoms with Crippen LogP contribution in [0.5, 0.6) is 11.5 Å². The minimum absolute atomic E-state index is 0.0485. The number of likely N-dealkylation sites (N-methyl/N-ethyl adjacent to an activating group) is 1. The SMILES string of the molecule is C[NH+](Cc1nc2scc(-c3ccco3)c2c(=O)[nH]1)C[C@H]1COc2ccccc2O1. The van der Waals surface area contributed by atoms with E-state index in [9.17, 15) is 4.79 Å². The number of hydrogen-bond donors (Lipinski definition) is 2. The summed E-state index contributed by atoms with van der Waals surface area (Å²) < 4.78 is 17.3. The lowest BCUT2D eigenvalue weighted by Crippen LogP contribution is -3.09. The van der Waals surface area contributed by atoms with Crippen LogP contribution in [0.25, 0.3) is 21.5 Å². The van der Waals surface area contributed by atoms with Gasteiger partial charge in [0.05, 0.1) is 18.7 Å². The normalized spacial score (nSPS) is 16.8. The summed E-state index contributed by atoms with van der Waals surface area (Å²) >= 11 is 1.45. The van der Waals surface area contributed by atoms with Crippen molar-refractivity contribution in [1.29, 1.82) is 0 Å². The first-order valence-corrected chi connectivity index (χ1v) is 10.3. The molecule has 0 radical (unpaired) electrons. The second-order valence-electron chi connectivity index (χ2n) is 7.16. The highest BCUT2D eigenvalue weighted by molar-refractivity contribution is 7.17. The van der Waals surface area contributed by atoms with Gasteiger partial charge >= 0.3 is 0 Å². The van der Waals surface area contributed by atoms with E-state index >= 15 is 0 Å². The van der Waals surface area contributed by atoms with Gasteiger partial charge in [0.2, 0.25) is 0 Å². The topological polar surface area (TPSA) is 81.8 Å². The lowest BCUT2D eigenvalue weighted by Gasteiger charge is -2.27. The van der Waals surface area contributed by atoms with Gasteiger partial charge in [-0.15, -0.1) is 11.3 Å². The summed E-state index contributed by atoms with van der Waals surface area (Å²) in [4.78, 5) is 22.2. The van der Waals surface area contributed by atoms with Gasteiger partial charge in [-0.05, 0) is 24.3 Å². The van der Waals surface area contributed by atoms with Gasteiger partial charge in [0.1, 0.15) is 30.3 Å². The molecule has 0 aliphatic carbocycles. The quantitative estimate of drug-likeness (QED) is 0.527. The number of thiophene rings is 1. The highest BCUT2D eigenvalue weighted by Crippen LogP contribution is 2.31. The van der Waals surface area contributed by atoms with Crippen molar-refractivity contribution in [1.82, 2.24) is 9.97 Å². The van der Waals surface area contributed by atoms with Gasteiger partial charge in [0, 0.05) is 10.9 Å². The van der Waals surface area contributed by atoms with E-state index in [0.29, 0.717) is 35.0 Å². The molecular formula is C21H20N3O4S+. The number of nitrogens with zero attached hydrogens (tertiary/aromatic N) is 1. The molecule has 0 bridgehead atoms. The molecular weight excluding hydrogens is 390 g/mol. The maximum Gasteiger partial charge on any atom is 0.260 e. The van der Waals surface area contributed by atoms with E-state index < -0.39 is 0 Å². The summed E-state index contributed by atoms with van der Waals surface area (Å²) in [5.41, 5.74) is 0.638. The zero-order valence-corrected chi connectivity index (χ0v) is 16.6. The molecule has 0 saturated carbocycles. The smallest absolute Gasteiger partial charge is 0.260 e. The summed E-state index contributed by atoms with van der Waals surface area (Å²) in [5.74, 6) is 2.88. The number of ether oxygens (including phenoxy) is 2. The Bertz CT molecular complexity index is 1200. The third-order valence-electron chi connectivity index (χ3n) is 4.89. The zero-order chi connectivity index (χ0) is 19.8. The Morgan fingerprint density at radius 2 is 2.10 bits per heavy atom. The number of furan rings is 1. The molecule has 148 valence electrons. The fourth-order valence-electron chi connectivity index (χ4n) is 3.60. The molecule has 0 amide bonds. The number of aromatic amines is 1. The lowest BCUT2D eigenvalue weighted by atomic mass is 10.2. The first-order chi connectivity index (χ1) is 14.2. The number of nitrogens with one attached hydrogen (secondary N) is 2. The van der Waals surface area contributed by atoms with Crippen LogP contribution in [0.2, 0.25) is 0 Å². The summed E-state index contributed by atoms with van der Waals surface area (Å²) in [6.45, 7) is 1.83. The maximum atomic E-state index is 12.7. The molecule has 1 aliphatic rings. The summed E-state index contributed by atoms with van der Waals surface area (Å²) in [6.07, 6.45) is 1.55. The van der Waals surface area contributed by atoms with Crippen molar-refractivity contribution in [2.45, 2.75) is 12.6 Å².